The summed E-state index contributed by atoms with van der Waals surface area (Å²) in [7, 11) is 0. The van der Waals surface area contributed by atoms with E-state index in [0.717, 1.165) is 5.56 Å². The summed E-state index contributed by atoms with van der Waals surface area (Å²) in [5.74, 6) is 0. The molecule has 1 heteroatoms. The van der Waals surface area contributed by atoms with Gasteiger partial charge in [-0.15, -0.1) is 17.7 Å². The Morgan fingerprint density at radius 1 is 0.286 bits per heavy atom. The molecule has 0 heterocycles. The SMILES string of the molecule is [Pd].[c-]1cc(-c2ccccc2)c(-c2ccccc2)c(-c2ccccc2)c1-c1ccccc1.[c-]1ccccc1.[c-]1ccccc1.[c-]1ccccc1. The Labute approximate surface area is 306 Å². The van der Waals surface area contributed by atoms with E-state index in [1.54, 1.807) is 0 Å². The first kappa shape index (κ1) is 36.3. The topological polar surface area (TPSA) is 0 Å². The van der Waals surface area contributed by atoms with Crippen molar-refractivity contribution in [3.05, 3.63) is 243 Å². The molecule has 0 aliphatic heterocycles. The fourth-order valence-electron chi connectivity index (χ4n) is 5.05. The molecule has 0 aliphatic carbocycles. The van der Waals surface area contributed by atoms with E-state index in [-0.39, 0.29) is 20.4 Å². The van der Waals surface area contributed by atoms with Crippen molar-refractivity contribution < 1.29 is 20.4 Å². The van der Waals surface area contributed by atoms with Crippen LogP contribution in [0.4, 0.5) is 0 Å². The second-order valence-corrected chi connectivity index (χ2v) is 10.5. The van der Waals surface area contributed by atoms with Crippen molar-refractivity contribution in [2.75, 3.05) is 0 Å². The smallest absolute Gasteiger partial charge is 0 e. The number of hydrogen-bond acceptors (Lipinski definition) is 0. The van der Waals surface area contributed by atoms with Crippen molar-refractivity contribution >= 4 is 0 Å². The molecule has 8 aromatic rings. The van der Waals surface area contributed by atoms with Gasteiger partial charge in [0.15, 0.2) is 0 Å². The number of hydrogen-bond donors (Lipinski definition) is 0. The summed E-state index contributed by atoms with van der Waals surface area (Å²) in [4.78, 5) is 0. The Hall–Kier alpha value is -5.58. The third-order valence-electron chi connectivity index (χ3n) is 7.22. The molecule has 0 saturated carbocycles. The van der Waals surface area contributed by atoms with E-state index in [4.69, 9.17) is 0 Å². The average molecular weight is 719 g/mol. The number of benzene rings is 8. The van der Waals surface area contributed by atoms with Crippen LogP contribution in [0.25, 0.3) is 44.5 Å². The van der Waals surface area contributed by atoms with Gasteiger partial charge in [0, 0.05) is 20.4 Å². The van der Waals surface area contributed by atoms with Crippen LogP contribution in [-0.4, -0.2) is 0 Å². The van der Waals surface area contributed by atoms with Crippen molar-refractivity contribution in [1.82, 2.24) is 0 Å². The summed E-state index contributed by atoms with van der Waals surface area (Å²) in [6, 6.07) is 85.8. The molecule has 0 saturated heterocycles. The molecular weight excluding hydrogens is 683 g/mol. The Morgan fingerprint density at radius 3 is 0.918 bits per heavy atom. The van der Waals surface area contributed by atoms with Crippen molar-refractivity contribution in [2.45, 2.75) is 0 Å². The molecule has 0 unspecified atom stereocenters. The monoisotopic (exact) mass is 718 g/mol. The molecule has 49 heavy (non-hydrogen) atoms. The van der Waals surface area contributed by atoms with Crippen LogP contribution in [0.15, 0.2) is 218 Å². The van der Waals surface area contributed by atoms with Crippen LogP contribution >= 0.6 is 0 Å². The second-order valence-electron chi connectivity index (χ2n) is 10.5. The molecule has 0 N–H and O–H groups in total. The third kappa shape index (κ3) is 11.6. The van der Waals surface area contributed by atoms with E-state index in [0.29, 0.717) is 0 Å². The summed E-state index contributed by atoms with van der Waals surface area (Å²) in [6.07, 6.45) is 0. The van der Waals surface area contributed by atoms with Crippen LogP contribution in [0.3, 0.4) is 0 Å². The molecule has 0 aromatic heterocycles. The van der Waals surface area contributed by atoms with Gasteiger partial charge in [-0.1, -0.05) is 155 Å². The Morgan fingerprint density at radius 2 is 0.592 bits per heavy atom. The molecule has 0 nitrogen and oxygen atoms in total. The molecule has 8 aromatic carbocycles. The normalized spacial score (nSPS) is 9.47. The maximum absolute atomic E-state index is 3.63. The predicted molar refractivity (Wildman–Crippen MR) is 203 cm³/mol. The van der Waals surface area contributed by atoms with Crippen molar-refractivity contribution in [3.8, 4) is 44.5 Å². The van der Waals surface area contributed by atoms with Crippen molar-refractivity contribution in [2.24, 2.45) is 0 Å². The predicted octanol–water partition coefficient (Wildman–Crippen LogP) is 12.6. The maximum Gasteiger partial charge on any atom is 0 e. The zero-order valence-corrected chi connectivity index (χ0v) is 28.7. The number of rotatable bonds is 4. The van der Waals surface area contributed by atoms with Gasteiger partial charge >= 0.3 is 0 Å². The average Bonchev–Trinajstić information content (AvgIpc) is 3.21. The Balaban J connectivity index is 0.000000230. The first-order chi connectivity index (χ1) is 23.9. The first-order valence-corrected chi connectivity index (χ1v) is 16.0. The van der Waals surface area contributed by atoms with Gasteiger partial charge in [0.1, 0.15) is 0 Å². The molecule has 8 rings (SSSR count). The van der Waals surface area contributed by atoms with E-state index in [2.05, 4.69) is 152 Å². The minimum Gasteiger partial charge on any atom is -0.184 e. The van der Waals surface area contributed by atoms with Gasteiger partial charge in [0.2, 0.25) is 0 Å². The van der Waals surface area contributed by atoms with Gasteiger partial charge in [0.05, 0.1) is 0 Å². The standard InChI is InChI=1S/C30H21.3C6H5.Pd/c1-5-13-23(14-6-1)27-21-22-28(24-15-7-2-8-16-24)30(26-19-11-4-12-20-26)29(27)25-17-9-3-10-18-25;3*1-2-4-6-5-3-1;/h1-21H;3*1-5H;/q4*-1;. The summed E-state index contributed by atoms with van der Waals surface area (Å²) >= 11 is 0. The molecule has 0 amide bonds. The van der Waals surface area contributed by atoms with Crippen LogP contribution in [0, 0.1) is 24.3 Å². The summed E-state index contributed by atoms with van der Waals surface area (Å²) in [6.45, 7) is 0. The minimum absolute atomic E-state index is 0. The summed E-state index contributed by atoms with van der Waals surface area (Å²) in [5, 5.41) is 0. The van der Waals surface area contributed by atoms with Crippen LogP contribution < -0.4 is 0 Å². The molecule has 0 spiro atoms. The van der Waals surface area contributed by atoms with Crippen molar-refractivity contribution in [1.29, 1.82) is 0 Å². The van der Waals surface area contributed by atoms with Gasteiger partial charge in [-0.3, -0.25) is 0 Å². The Bertz CT molecular complexity index is 1700. The Kier molecular flexibility index (Phi) is 15.8. The molecule has 0 radical (unpaired) electrons. The van der Waals surface area contributed by atoms with Gasteiger partial charge < -0.3 is 0 Å². The molecule has 0 aliphatic rings. The van der Waals surface area contributed by atoms with E-state index in [1.807, 2.05) is 91.0 Å². The molecule has 0 fully saturated rings. The second kappa shape index (κ2) is 21.3. The fourth-order valence-corrected chi connectivity index (χ4v) is 5.05. The van der Waals surface area contributed by atoms with Gasteiger partial charge in [0.25, 0.3) is 0 Å². The van der Waals surface area contributed by atoms with E-state index >= 15 is 0 Å². The molecule has 242 valence electrons. The first-order valence-electron chi connectivity index (χ1n) is 16.0. The summed E-state index contributed by atoms with van der Waals surface area (Å²) < 4.78 is 0. The van der Waals surface area contributed by atoms with Crippen LogP contribution in [0.1, 0.15) is 0 Å². The fraction of sp³-hybridized carbons (Fsp3) is 0. The maximum atomic E-state index is 3.63. The molecular formula is C48H36Pd-4. The van der Waals surface area contributed by atoms with Crippen LogP contribution in [0.5, 0.6) is 0 Å². The van der Waals surface area contributed by atoms with Crippen LogP contribution in [-0.2, 0) is 20.4 Å². The van der Waals surface area contributed by atoms with Crippen molar-refractivity contribution in [3.63, 3.8) is 0 Å². The quantitative estimate of drug-likeness (QED) is 0.126. The van der Waals surface area contributed by atoms with Gasteiger partial charge in [-0.05, 0) is 5.56 Å². The third-order valence-corrected chi connectivity index (χ3v) is 7.22. The van der Waals surface area contributed by atoms with E-state index < -0.39 is 0 Å². The van der Waals surface area contributed by atoms with Gasteiger partial charge in [-0.2, -0.15) is 109 Å². The molecule has 0 bridgehead atoms. The zero-order chi connectivity index (χ0) is 32.9. The zero-order valence-electron chi connectivity index (χ0n) is 27.1. The van der Waals surface area contributed by atoms with E-state index in [1.165, 1.54) is 38.9 Å². The van der Waals surface area contributed by atoms with E-state index in [9.17, 15) is 0 Å². The minimum atomic E-state index is 0. The molecule has 0 atom stereocenters. The largest absolute Gasteiger partial charge is 0.184 e. The summed E-state index contributed by atoms with van der Waals surface area (Å²) in [5.41, 5.74) is 9.56. The van der Waals surface area contributed by atoms with Gasteiger partial charge in [-0.25, -0.2) is 0 Å². The van der Waals surface area contributed by atoms with Crippen LogP contribution in [0.2, 0.25) is 0 Å².